The summed E-state index contributed by atoms with van der Waals surface area (Å²) in [5, 5.41) is 0. The van der Waals surface area contributed by atoms with E-state index in [1.165, 1.54) is 109 Å². The Morgan fingerprint density at radius 3 is 1.33 bits per heavy atom. The maximum Gasteiger partial charge on any atom is -0.0348 e. The minimum atomic E-state index is 1.20. The molecule has 0 heteroatoms. The van der Waals surface area contributed by atoms with Crippen LogP contribution in [0.15, 0.2) is 30.4 Å². The van der Waals surface area contributed by atoms with Gasteiger partial charge in [-0.1, -0.05) is 140 Å². The fourth-order valence-electron chi connectivity index (χ4n) is 3.11. The Bertz CT molecular complexity index is 284. The van der Waals surface area contributed by atoms with E-state index in [1.54, 1.807) is 6.08 Å². The molecule has 0 saturated carbocycles. The van der Waals surface area contributed by atoms with E-state index >= 15 is 0 Å². The quantitative estimate of drug-likeness (QED) is 0.164. The Balaban J connectivity index is 3.04. The molecule has 0 aliphatic rings. The minimum Gasteiger partial charge on any atom is -0.0845 e. The van der Waals surface area contributed by atoms with E-state index in [4.69, 9.17) is 6.58 Å². The first kappa shape index (κ1) is 23.2. The van der Waals surface area contributed by atoms with Gasteiger partial charge in [0.05, 0.1) is 0 Å². The van der Waals surface area contributed by atoms with Gasteiger partial charge < -0.3 is 0 Å². The van der Waals surface area contributed by atoms with E-state index < -0.39 is 0 Å². The molecule has 0 amide bonds. The van der Waals surface area contributed by atoms with Crippen LogP contribution < -0.4 is 0 Å². The van der Waals surface area contributed by atoms with Crippen molar-refractivity contribution in [3.05, 3.63) is 37.0 Å². The van der Waals surface area contributed by atoms with Gasteiger partial charge in [-0.25, -0.2) is 0 Å². The van der Waals surface area contributed by atoms with Crippen LogP contribution in [-0.4, -0.2) is 0 Å². The highest BCUT2D eigenvalue weighted by Gasteiger charge is 1.94. The van der Waals surface area contributed by atoms with Crippen molar-refractivity contribution in [3.8, 4) is 0 Å². The largest absolute Gasteiger partial charge is 0.0845 e. The second kappa shape index (κ2) is 22.2. The van der Waals surface area contributed by atoms with Crippen LogP contribution in [0.4, 0.5) is 0 Å². The van der Waals surface area contributed by atoms with Crippen molar-refractivity contribution in [2.75, 3.05) is 0 Å². The van der Waals surface area contributed by atoms with Gasteiger partial charge in [-0.05, 0) is 12.8 Å². The van der Waals surface area contributed by atoms with Crippen molar-refractivity contribution in [2.45, 2.75) is 116 Å². The van der Waals surface area contributed by atoms with Crippen molar-refractivity contribution < 1.29 is 0 Å². The molecule has 0 aromatic carbocycles. The lowest BCUT2D eigenvalue weighted by Crippen LogP contribution is -1.83. The standard InChI is InChI=1S/C24H43/c1-3-5-7-9-11-13-15-17-19-21-23-24-22-20-18-16-14-12-10-8-6-4-2/h1,3,5,7,9,11H,4,6,8,10,12-24H2,2H3/b3-1?,7-5+,11-9+. The third kappa shape index (κ3) is 21.2. The van der Waals surface area contributed by atoms with Gasteiger partial charge in [0, 0.05) is 0 Å². The Morgan fingerprint density at radius 2 is 0.917 bits per heavy atom. The number of allylic oxidation sites excluding steroid dienone is 5. The van der Waals surface area contributed by atoms with Crippen molar-refractivity contribution in [1.29, 1.82) is 0 Å². The highest BCUT2D eigenvalue weighted by Crippen LogP contribution is 2.14. The van der Waals surface area contributed by atoms with Gasteiger partial charge in [-0.15, -0.1) is 0 Å². The Morgan fingerprint density at radius 1 is 0.500 bits per heavy atom. The molecule has 1 radical (unpaired) electrons. The summed E-state index contributed by atoms with van der Waals surface area (Å²) in [5.74, 6) is 0. The summed E-state index contributed by atoms with van der Waals surface area (Å²) in [7, 11) is 0. The Kier molecular flexibility index (Phi) is 21.5. The molecule has 0 aliphatic carbocycles. The van der Waals surface area contributed by atoms with Crippen LogP contribution in [0.1, 0.15) is 116 Å². The smallest absolute Gasteiger partial charge is 0.0348 e. The molecule has 0 saturated heterocycles. The third-order valence-corrected chi connectivity index (χ3v) is 4.69. The first-order valence-electron chi connectivity index (χ1n) is 10.8. The molecule has 0 aliphatic heterocycles. The molecule has 0 aromatic rings. The fraction of sp³-hybridized carbons (Fsp3) is 0.750. The highest BCUT2D eigenvalue weighted by molar-refractivity contribution is 5.07. The van der Waals surface area contributed by atoms with E-state index in [0.29, 0.717) is 0 Å². The van der Waals surface area contributed by atoms with Crippen LogP contribution in [-0.2, 0) is 0 Å². The van der Waals surface area contributed by atoms with E-state index in [2.05, 4.69) is 19.1 Å². The molecule has 0 unspecified atom stereocenters. The molecule has 0 fully saturated rings. The Labute approximate surface area is 153 Å². The van der Waals surface area contributed by atoms with Gasteiger partial charge in [-0.3, -0.25) is 0 Å². The molecule has 139 valence electrons. The van der Waals surface area contributed by atoms with Crippen molar-refractivity contribution in [2.24, 2.45) is 0 Å². The van der Waals surface area contributed by atoms with Gasteiger partial charge in [0.25, 0.3) is 0 Å². The first-order valence-corrected chi connectivity index (χ1v) is 10.8. The predicted molar refractivity (Wildman–Crippen MR) is 111 cm³/mol. The van der Waals surface area contributed by atoms with Crippen LogP contribution >= 0.6 is 0 Å². The maximum absolute atomic E-state index is 5.26. The summed E-state index contributed by atoms with van der Waals surface area (Å²) in [5.41, 5.74) is 0. The van der Waals surface area contributed by atoms with Gasteiger partial charge in [0.1, 0.15) is 0 Å². The minimum absolute atomic E-state index is 1.20. The molecule has 0 heterocycles. The fourth-order valence-corrected chi connectivity index (χ4v) is 3.11. The SMILES string of the molecule is [CH]=C/C=C/C=C/CCCCCCCCCCCCCCCCCC. The zero-order chi connectivity index (χ0) is 17.6. The normalized spacial score (nSPS) is 11.7. The lowest BCUT2D eigenvalue weighted by molar-refractivity contribution is 0.530. The van der Waals surface area contributed by atoms with Crippen LogP contribution in [0.3, 0.4) is 0 Å². The average Bonchev–Trinajstić information content (AvgIpc) is 2.60. The molecule has 24 heavy (non-hydrogen) atoms. The van der Waals surface area contributed by atoms with Gasteiger partial charge >= 0.3 is 0 Å². The van der Waals surface area contributed by atoms with Crippen molar-refractivity contribution in [1.82, 2.24) is 0 Å². The van der Waals surface area contributed by atoms with Crippen LogP contribution in [0.25, 0.3) is 0 Å². The lowest BCUT2D eigenvalue weighted by Gasteiger charge is -2.03. The summed E-state index contributed by atoms with van der Waals surface area (Å²) >= 11 is 0. The summed E-state index contributed by atoms with van der Waals surface area (Å²) in [6.07, 6.45) is 33.9. The molecular formula is C24H43. The van der Waals surface area contributed by atoms with E-state index in [1.807, 2.05) is 12.2 Å². The zero-order valence-electron chi connectivity index (χ0n) is 16.5. The van der Waals surface area contributed by atoms with E-state index in [-0.39, 0.29) is 0 Å². The summed E-state index contributed by atoms with van der Waals surface area (Å²) < 4.78 is 0. The lowest BCUT2D eigenvalue weighted by atomic mass is 10.0. The van der Waals surface area contributed by atoms with Crippen molar-refractivity contribution >= 4 is 0 Å². The molecule has 0 aromatic heterocycles. The average molecular weight is 332 g/mol. The molecule has 0 rings (SSSR count). The Hall–Kier alpha value is -0.780. The monoisotopic (exact) mass is 331 g/mol. The summed E-state index contributed by atoms with van der Waals surface area (Å²) in [6.45, 7) is 7.56. The second-order valence-electron chi connectivity index (χ2n) is 7.10. The number of hydrogen-bond acceptors (Lipinski definition) is 0. The molecule has 0 atom stereocenters. The molecular weight excluding hydrogens is 288 g/mol. The first-order chi connectivity index (χ1) is 11.9. The number of rotatable bonds is 19. The van der Waals surface area contributed by atoms with E-state index in [0.717, 1.165) is 0 Å². The predicted octanol–water partition coefficient (Wildman–Crippen LogP) is 8.74. The van der Waals surface area contributed by atoms with Crippen LogP contribution in [0.5, 0.6) is 0 Å². The second-order valence-corrected chi connectivity index (χ2v) is 7.10. The topological polar surface area (TPSA) is 0 Å². The van der Waals surface area contributed by atoms with Gasteiger partial charge in [0.2, 0.25) is 0 Å². The van der Waals surface area contributed by atoms with E-state index in [9.17, 15) is 0 Å². The zero-order valence-corrected chi connectivity index (χ0v) is 16.5. The third-order valence-electron chi connectivity index (χ3n) is 4.69. The maximum atomic E-state index is 5.26. The van der Waals surface area contributed by atoms with Crippen molar-refractivity contribution in [3.63, 3.8) is 0 Å². The molecule has 0 N–H and O–H groups in total. The van der Waals surface area contributed by atoms with Crippen LogP contribution in [0.2, 0.25) is 0 Å². The number of unbranched alkanes of at least 4 members (excludes halogenated alkanes) is 16. The molecule has 0 spiro atoms. The van der Waals surface area contributed by atoms with Gasteiger partial charge in [0.15, 0.2) is 0 Å². The molecule has 0 nitrogen and oxygen atoms in total. The van der Waals surface area contributed by atoms with Gasteiger partial charge in [-0.2, -0.15) is 0 Å². The highest BCUT2D eigenvalue weighted by atomic mass is 14.0. The summed E-state index contributed by atoms with van der Waals surface area (Å²) in [6, 6.07) is 0. The summed E-state index contributed by atoms with van der Waals surface area (Å²) in [4.78, 5) is 0. The molecule has 0 bridgehead atoms. The van der Waals surface area contributed by atoms with Crippen LogP contribution in [0, 0.1) is 6.58 Å². The number of hydrogen-bond donors (Lipinski definition) is 0.